The molecule has 1 heterocycles. The lowest BCUT2D eigenvalue weighted by Gasteiger charge is -2.03. The summed E-state index contributed by atoms with van der Waals surface area (Å²) >= 11 is 1.52. The van der Waals surface area contributed by atoms with E-state index in [0.29, 0.717) is 6.61 Å². The fourth-order valence-corrected chi connectivity index (χ4v) is 2.32. The minimum Gasteiger partial charge on any atom is -0.490 e. The maximum Gasteiger partial charge on any atom is 0.246 e. The number of nitrogens with one attached hydrogen (secondary N) is 1. The van der Waals surface area contributed by atoms with Gasteiger partial charge >= 0.3 is 0 Å². The van der Waals surface area contributed by atoms with E-state index >= 15 is 0 Å². The molecule has 114 valence electrons. The van der Waals surface area contributed by atoms with Gasteiger partial charge in [0.05, 0.1) is 23.3 Å². The van der Waals surface area contributed by atoms with Crippen molar-refractivity contribution in [3.8, 4) is 5.75 Å². The normalized spacial score (nSPS) is 10.6. The Morgan fingerprint density at radius 1 is 1.55 bits per heavy atom. The number of rotatable bonds is 7. The fourth-order valence-electron chi connectivity index (χ4n) is 1.71. The largest absolute Gasteiger partial charge is 0.490 e. The highest BCUT2D eigenvalue weighted by Gasteiger charge is 2.04. The van der Waals surface area contributed by atoms with Gasteiger partial charge in [0.2, 0.25) is 5.91 Å². The van der Waals surface area contributed by atoms with Crippen LogP contribution in [0.4, 0.5) is 0 Å². The van der Waals surface area contributed by atoms with Crippen molar-refractivity contribution in [2.24, 2.45) is 5.10 Å². The molecule has 0 aliphatic carbocycles. The molecular weight excluding hydrogens is 298 g/mol. The Bertz CT molecular complexity index is 680. The first kappa shape index (κ1) is 15.9. The molecule has 0 bridgehead atoms. The van der Waals surface area contributed by atoms with Crippen molar-refractivity contribution in [3.63, 3.8) is 0 Å². The van der Waals surface area contributed by atoms with Crippen molar-refractivity contribution in [3.05, 3.63) is 58.6 Å². The molecule has 1 amide bonds. The van der Waals surface area contributed by atoms with Crippen molar-refractivity contribution >= 4 is 23.5 Å². The molecule has 0 unspecified atom stereocenters. The first-order valence-electron chi connectivity index (χ1n) is 6.74. The zero-order valence-electron chi connectivity index (χ0n) is 12.3. The van der Waals surface area contributed by atoms with E-state index in [1.165, 1.54) is 11.3 Å². The molecule has 5 nitrogen and oxygen atoms in total. The lowest BCUT2D eigenvalue weighted by atomic mass is 10.2. The summed E-state index contributed by atoms with van der Waals surface area (Å²) in [5.41, 5.74) is 4.09. The molecule has 0 saturated heterocycles. The molecule has 2 aromatic rings. The highest BCUT2D eigenvalue weighted by molar-refractivity contribution is 7.09. The molecule has 1 N–H and O–H groups in total. The lowest BCUT2D eigenvalue weighted by molar-refractivity contribution is -0.120. The highest BCUT2D eigenvalue weighted by Crippen LogP contribution is 2.12. The molecule has 0 fully saturated rings. The number of thiazole rings is 1. The number of aryl methyl sites for hydroxylation is 1. The summed E-state index contributed by atoms with van der Waals surface area (Å²) < 4.78 is 5.43. The van der Waals surface area contributed by atoms with Crippen LogP contribution in [-0.4, -0.2) is 23.7 Å². The molecule has 6 heteroatoms. The van der Waals surface area contributed by atoms with Crippen LogP contribution in [0.1, 0.15) is 16.3 Å². The number of hydrogen-bond donors (Lipinski definition) is 1. The number of carbonyl (C=O) groups excluding carboxylic acids is 1. The summed E-state index contributed by atoms with van der Waals surface area (Å²) in [7, 11) is 0. The van der Waals surface area contributed by atoms with Gasteiger partial charge in [0.1, 0.15) is 12.4 Å². The summed E-state index contributed by atoms with van der Waals surface area (Å²) in [6.07, 6.45) is 3.48. The predicted octanol–water partition coefficient (Wildman–Crippen LogP) is 2.71. The third-order valence-corrected chi connectivity index (χ3v) is 3.46. The van der Waals surface area contributed by atoms with Crippen LogP contribution >= 0.6 is 11.3 Å². The van der Waals surface area contributed by atoms with E-state index < -0.39 is 0 Å². The van der Waals surface area contributed by atoms with Crippen molar-refractivity contribution in [2.75, 3.05) is 6.61 Å². The Morgan fingerprint density at radius 3 is 3.14 bits per heavy atom. The van der Waals surface area contributed by atoms with Gasteiger partial charge in [-0.2, -0.15) is 5.10 Å². The Balaban J connectivity index is 1.86. The number of hydrogen-bond acceptors (Lipinski definition) is 5. The number of ether oxygens (including phenoxy) is 1. The molecule has 0 spiro atoms. The quantitative estimate of drug-likeness (QED) is 0.485. The van der Waals surface area contributed by atoms with Gasteiger partial charge in [-0.05, 0) is 24.6 Å². The number of carbonyl (C=O) groups is 1. The van der Waals surface area contributed by atoms with Crippen molar-refractivity contribution in [2.45, 2.75) is 13.3 Å². The van der Waals surface area contributed by atoms with Crippen LogP contribution in [0.15, 0.2) is 47.4 Å². The molecule has 0 radical (unpaired) electrons. The van der Waals surface area contributed by atoms with Crippen molar-refractivity contribution < 1.29 is 9.53 Å². The average Bonchev–Trinajstić information content (AvgIpc) is 2.90. The van der Waals surface area contributed by atoms with Crippen LogP contribution in [0.2, 0.25) is 0 Å². The zero-order chi connectivity index (χ0) is 15.8. The molecule has 1 aromatic carbocycles. The molecule has 0 saturated carbocycles. The number of nitrogens with zero attached hydrogens (tertiary/aromatic N) is 2. The van der Waals surface area contributed by atoms with Gasteiger partial charge in [-0.25, -0.2) is 10.4 Å². The maximum atomic E-state index is 11.7. The summed E-state index contributed by atoms with van der Waals surface area (Å²) in [5.74, 6) is 0.536. The second kappa shape index (κ2) is 8.09. The van der Waals surface area contributed by atoms with Gasteiger partial charge in [0, 0.05) is 5.38 Å². The SMILES string of the molecule is C=CCOc1cccc(/C=N\NC(=O)Cc2csc(C)n2)c1. The van der Waals surface area contributed by atoms with E-state index in [1.54, 1.807) is 12.3 Å². The number of amides is 1. The predicted molar refractivity (Wildman–Crippen MR) is 88.4 cm³/mol. The van der Waals surface area contributed by atoms with Crippen LogP contribution in [0.5, 0.6) is 5.75 Å². The average molecular weight is 315 g/mol. The molecule has 2 rings (SSSR count). The molecule has 0 aliphatic rings. The van der Waals surface area contributed by atoms with Gasteiger partial charge in [0.25, 0.3) is 0 Å². The summed E-state index contributed by atoms with van der Waals surface area (Å²) in [5, 5.41) is 6.76. The molecule has 1 aromatic heterocycles. The highest BCUT2D eigenvalue weighted by atomic mass is 32.1. The van der Waals surface area contributed by atoms with Crippen LogP contribution < -0.4 is 10.2 Å². The monoisotopic (exact) mass is 315 g/mol. The summed E-state index contributed by atoms with van der Waals surface area (Å²) in [6.45, 7) is 5.96. The molecule has 0 aliphatic heterocycles. The lowest BCUT2D eigenvalue weighted by Crippen LogP contribution is -2.19. The standard InChI is InChI=1S/C16H17N3O2S/c1-3-7-21-15-6-4-5-13(8-15)10-17-19-16(20)9-14-11-22-12(2)18-14/h3-6,8,10-11H,1,7,9H2,2H3,(H,19,20)/b17-10-. The van der Waals surface area contributed by atoms with Gasteiger partial charge < -0.3 is 4.74 Å². The topological polar surface area (TPSA) is 63.6 Å². The van der Waals surface area contributed by atoms with Crippen LogP contribution in [0, 0.1) is 6.92 Å². The van der Waals surface area contributed by atoms with Gasteiger partial charge in [-0.15, -0.1) is 11.3 Å². The van der Waals surface area contributed by atoms with Crippen molar-refractivity contribution in [1.82, 2.24) is 10.4 Å². The second-order valence-electron chi connectivity index (χ2n) is 4.50. The van der Waals surface area contributed by atoms with E-state index in [0.717, 1.165) is 22.0 Å². The smallest absolute Gasteiger partial charge is 0.246 e. The summed E-state index contributed by atoms with van der Waals surface area (Å²) in [4.78, 5) is 16.0. The van der Waals surface area contributed by atoms with Gasteiger partial charge in [-0.1, -0.05) is 24.8 Å². The Kier molecular flexibility index (Phi) is 5.85. The third-order valence-electron chi connectivity index (χ3n) is 2.64. The van der Waals surface area contributed by atoms with Gasteiger partial charge in [-0.3, -0.25) is 4.79 Å². The zero-order valence-corrected chi connectivity index (χ0v) is 13.1. The Labute approximate surface area is 133 Å². The number of hydrazone groups is 1. The first-order valence-corrected chi connectivity index (χ1v) is 7.62. The Morgan fingerprint density at radius 2 is 2.41 bits per heavy atom. The minimum atomic E-state index is -0.194. The Hall–Kier alpha value is -2.47. The molecule has 0 atom stereocenters. The molecule has 22 heavy (non-hydrogen) atoms. The van der Waals surface area contributed by atoms with Crippen LogP contribution in [0.25, 0.3) is 0 Å². The molecular formula is C16H17N3O2S. The number of aromatic nitrogens is 1. The first-order chi connectivity index (χ1) is 10.7. The third kappa shape index (κ3) is 5.14. The van der Waals surface area contributed by atoms with E-state index in [1.807, 2.05) is 36.6 Å². The number of benzene rings is 1. The van der Waals surface area contributed by atoms with Crippen LogP contribution in [0.3, 0.4) is 0 Å². The van der Waals surface area contributed by atoms with Crippen LogP contribution in [-0.2, 0) is 11.2 Å². The van der Waals surface area contributed by atoms with E-state index in [4.69, 9.17) is 4.74 Å². The second-order valence-corrected chi connectivity index (χ2v) is 5.56. The van der Waals surface area contributed by atoms with E-state index in [2.05, 4.69) is 22.1 Å². The maximum absolute atomic E-state index is 11.7. The van der Waals surface area contributed by atoms with E-state index in [-0.39, 0.29) is 12.3 Å². The van der Waals surface area contributed by atoms with Gasteiger partial charge in [0.15, 0.2) is 0 Å². The van der Waals surface area contributed by atoms with E-state index in [9.17, 15) is 4.79 Å². The minimum absolute atomic E-state index is 0.194. The van der Waals surface area contributed by atoms with Crippen molar-refractivity contribution in [1.29, 1.82) is 0 Å². The fraction of sp³-hybridized carbons (Fsp3) is 0.188. The summed E-state index contributed by atoms with van der Waals surface area (Å²) in [6, 6.07) is 7.42.